The van der Waals surface area contributed by atoms with Gasteiger partial charge in [-0.2, -0.15) is 0 Å². The van der Waals surface area contributed by atoms with E-state index in [2.05, 4.69) is 13.8 Å². The Kier molecular flexibility index (Phi) is 4.44. The van der Waals surface area contributed by atoms with Crippen molar-refractivity contribution in [3.63, 3.8) is 0 Å². The van der Waals surface area contributed by atoms with E-state index in [1.165, 1.54) is 5.56 Å². The van der Waals surface area contributed by atoms with Crippen LogP contribution in [0, 0.1) is 0 Å². The van der Waals surface area contributed by atoms with Gasteiger partial charge in [0.2, 0.25) is 0 Å². The molecule has 0 saturated heterocycles. The number of pyridine rings is 1. The van der Waals surface area contributed by atoms with Crippen molar-refractivity contribution in [3.8, 4) is 0 Å². The molecule has 0 aliphatic heterocycles. The minimum atomic E-state index is -4.08. The summed E-state index contributed by atoms with van der Waals surface area (Å²) in [5, 5.41) is 0. The van der Waals surface area contributed by atoms with Crippen molar-refractivity contribution < 1.29 is 17.5 Å². The van der Waals surface area contributed by atoms with Crippen molar-refractivity contribution >= 4 is 10.1 Å². The first-order chi connectivity index (χ1) is 7.38. The number of hydrogen-bond donors (Lipinski definition) is 0. The third-order valence-electron chi connectivity index (χ3n) is 2.39. The summed E-state index contributed by atoms with van der Waals surface area (Å²) in [4.78, 5) is 0. The first kappa shape index (κ1) is 13.1. The summed E-state index contributed by atoms with van der Waals surface area (Å²) in [7, 11) is -4.08. The van der Waals surface area contributed by atoms with Crippen LogP contribution >= 0.6 is 0 Å². The zero-order chi connectivity index (χ0) is 12.2. The van der Waals surface area contributed by atoms with Gasteiger partial charge in [0.05, 0.1) is 10.1 Å². The van der Waals surface area contributed by atoms with Crippen molar-refractivity contribution in [2.24, 2.45) is 0 Å². The second-order valence-electron chi connectivity index (χ2n) is 4.14. The molecule has 0 spiro atoms. The number of aryl methyl sites for hydroxylation is 1. The molecule has 0 aliphatic carbocycles. The van der Waals surface area contributed by atoms with Crippen LogP contribution in [-0.2, 0) is 16.7 Å². The molecule has 0 fully saturated rings. The van der Waals surface area contributed by atoms with Crippen LogP contribution in [0.3, 0.4) is 0 Å². The molecule has 0 amide bonds. The van der Waals surface area contributed by atoms with Crippen molar-refractivity contribution in [1.29, 1.82) is 0 Å². The summed E-state index contributed by atoms with van der Waals surface area (Å²) >= 11 is 0. The number of hydrogen-bond acceptors (Lipinski definition) is 3. The first-order valence-electron chi connectivity index (χ1n) is 5.31. The summed E-state index contributed by atoms with van der Waals surface area (Å²) in [5.41, 5.74) is 1.24. The molecule has 90 valence electrons. The van der Waals surface area contributed by atoms with Crippen LogP contribution in [0.15, 0.2) is 24.5 Å². The predicted octanol–water partition coefficient (Wildman–Crippen LogP) is 1.03. The number of aromatic nitrogens is 1. The van der Waals surface area contributed by atoms with Gasteiger partial charge in [-0.15, -0.1) is 0 Å². The lowest BCUT2D eigenvalue weighted by molar-refractivity contribution is -0.696. The van der Waals surface area contributed by atoms with E-state index in [-0.39, 0.29) is 5.75 Å². The van der Waals surface area contributed by atoms with Crippen molar-refractivity contribution in [3.05, 3.63) is 30.1 Å². The van der Waals surface area contributed by atoms with E-state index < -0.39 is 10.1 Å². The maximum atomic E-state index is 10.4. The molecule has 1 aromatic heterocycles. The van der Waals surface area contributed by atoms with Crippen molar-refractivity contribution in [1.82, 2.24) is 0 Å². The summed E-state index contributed by atoms with van der Waals surface area (Å²) in [6.07, 6.45) is 4.18. The Bertz CT molecular complexity index is 423. The molecule has 0 bridgehead atoms. The SMILES string of the molecule is CC(C)c1cc[n+](CCCS(=O)(=O)[O-])cc1. The highest BCUT2D eigenvalue weighted by Gasteiger charge is 2.04. The molecule has 5 heteroatoms. The molecule has 0 atom stereocenters. The summed E-state index contributed by atoms with van der Waals surface area (Å²) in [5.74, 6) is 0.183. The van der Waals surface area contributed by atoms with E-state index in [1.54, 1.807) is 0 Å². The zero-order valence-electron chi connectivity index (χ0n) is 9.59. The Morgan fingerprint density at radius 3 is 2.31 bits per heavy atom. The smallest absolute Gasteiger partial charge is 0.169 e. The van der Waals surface area contributed by atoms with Gasteiger partial charge in [0, 0.05) is 24.3 Å². The molecular weight excluding hydrogens is 226 g/mol. The molecule has 1 rings (SSSR count). The molecular formula is C11H17NO3S. The number of rotatable bonds is 5. The third-order valence-corrected chi connectivity index (χ3v) is 3.18. The highest BCUT2D eigenvalue weighted by atomic mass is 32.2. The largest absolute Gasteiger partial charge is 0.748 e. The van der Waals surface area contributed by atoms with Crippen LogP contribution in [0.1, 0.15) is 31.7 Å². The van der Waals surface area contributed by atoms with Gasteiger partial charge in [0.25, 0.3) is 0 Å². The van der Waals surface area contributed by atoms with Crippen molar-refractivity contribution in [2.75, 3.05) is 5.75 Å². The van der Waals surface area contributed by atoms with Crippen LogP contribution in [0.4, 0.5) is 0 Å². The Labute approximate surface area is 96.7 Å². The van der Waals surface area contributed by atoms with Gasteiger partial charge in [-0.3, -0.25) is 0 Å². The van der Waals surface area contributed by atoms with Gasteiger partial charge in [-0.05, 0) is 11.5 Å². The van der Waals surface area contributed by atoms with Crippen molar-refractivity contribution in [2.45, 2.75) is 32.7 Å². The normalized spacial score (nSPS) is 12.0. The lowest BCUT2D eigenvalue weighted by Crippen LogP contribution is -2.33. The highest BCUT2D eigenvalue weighted by molar-refractivity contribution is 7.85. The Balaban J connectivity index is 2.50. The van der Waals surface area contributed by atoms with Gasteiger partial charge < -0.3 is 4.55 Å². The van der Waals surface area contributed by atoms with Crippen LogP contribution in [-0.4, -0.2) is 18.7 Å². The molecule has 0 unspecified atom stereocenters. The minimum absolute atomic E-state index is 0.300. The molecule has 0 aliphatic rings. The molecule has 4 nitrogen and oxygen atoms in total. The fourth-order valence-electron chi connectivity index (χ4n) is 1.43. The third kappa shape index (κ3) is 4.72. The molecule has 16 heavy (non-hydrogen) atoms. The van der Waals surface area contributed by atoms with Gasteiger partial charge in [-0.25, -0.2) is 13.0 Å². The second-order valence-corrected chi connectivity index (χ2v) is 5.66. The average Bonchev–Trinajstić information content (AvgIpc) is 2.16. The van der Waals surface area contributed by atoms with E-state index in [0.717, 1.165) is 0 Å². The molecule has 1 aromatic rings. The molecule has 0 radical (unpaired) electrons. The van der Waals surface area contributed by atoms with Crippen LogP contribution < -0.4 is 4.57 Å². The fraction of sp³-hybridized carbons (Fsp3) is 0.545. The molecule has 0 aromatic carbocycles. The quantitative estimate of drug-likeness (QED) is 0.573. The monoisotopic (exact) mass is 243 g/mol. The Hall–Kier alpha value is -0.940. The van der Waals surface area contributed by atoms with Crippen LogP contribution in [0.25, 0.3) is 0 Å². The zero-order valence-corrected chi connectivity index (χ0v) is 10.4. The fourth-order valence-corrected chi connectivity index (χ4v) is 1.91. The minimum Gasteiger partial charge on any atom is -0.748 e. The lowest BCUT2D eigenvalue weighted by atomic mass is 10.1. The predicted molar refractivity (Wildman–Crippen MR) is 59.9 cm³/mol. The number of nitrogens with zero attached hydrogens (tertiary/aromatic N) is 1. The Morgan fingerprint density at radius 2 is 1.88 bits per heavy atom. The lowest BCUT2D eigenvalue weighted by Gasteiger charge is -2.05. The molecule has 0 saturated carbocycles. The highest BCUT2D eigenvalue weighted by Crippen LogP contribution is 2.10. The topological polar surface area (TPSA) is 61.1 Å². The van der Waals surface area contributed by atoms with Gasteiger partial charge in [0.15, 0.2) is 12.4 Å². The van der Waals surface area contributed by atoms with E-state index in [9.17, 15) is 13.0 Å². The van der Waals surface area contributed by atoms with Crippen LogP contribution in [0.2, 0.25) is 0 Å². The second kappa shape index (κ2) is 5.41. The maximum absolute atomic E-state index is 10.4. The Morgan fingerprint density at radius 1 is 1.31 bits per heavy atom. The summed E-state index contributed by atoms with van der Waals surface area (Å²) in [6.45, 7) is 4.78. The van der Waals surface area contributed by atoms with E-state index >= 15 is 0 Å². The summed E-state index contributed by atoms with van der Waals surface area (Å²) in [6, 6.07) is 4.02. The standard InChI is InChI=1S/C11H17NO3S/c1-10(2)11-4-7-12(8-5-11)6-3-9-16(13,14)15/h4-5,7-8,10H,3,6,9H2,1-2H3. The average molecular weight is 243 g/mol. The van der Waals surface area contributed by atoms with Gasteiger partial charge in [0.1, 0.15) is 6.54 Å². The van der Waals surface area contributed by atoms with E-state index in [4.69, 9.17) is 0 Å². The maximum Gasteiger partial charge on any atom is 0.169 e. The molecule has 1 heterocycles. The van der Waals surface area contributed by atoms with Gasteiger partial charge >= 0.3 is 0 Å². The van der Waals surface area contributed by atoms with E-state index in [0.29, 0.717) is 18.9 Å². The van der Waals surface area contributed by atoms with Crippen LogP contribution in [0.5, 0.6) is 0 Å². The van der Waals surface area contributed by atoms with E-state index in [1.807, 2.05) is 29.1 Å². The molecule has 0 N–H and O–H groups in total. The first-order valence-corrected chi connectivity index (χ1v) is 6.89. The summed E-state index contributed by atoms with van der Waals surface area (Å²) < 4.78 is 33.1. The van der Waals surface area contributed by atoms with Gasteiger partial charge in [-0.1, -0.05) is 13.8 Å².